The van der Waals surface area contributed by atoms with Crippen LogP contribution in [0, 0.1) is 0 Å². The Morgan fingerprint density at radius 2 is 2.24 bits per heavy atom. The lowest BCUT2D eigenvalue weighted by Gasteiger charge is -2.23. The summed E-state index contributed by atoms with van der Waals surface area (Å²) in [6.07, 6.45) is 2.61. The fourth-order valence-electron chi connectivity index (χ4n) is 1.16. The van der Waals surface area contributed by atoms with Gasteiger partial charge in [-0.05, 0) is 13.3 Å². The van der Waals surface area contributed by atoms with Gasteiger partial charge in [0.2, 0.25) is 10.0 Å². The molecule has 1 rings (SSSR count). The molecule has 7 nitrogen and oxygen atoms in total. The Morgan fingerprint density at radius 3 is 2.59 bits per heavy atom. The van der Waals surface area contributed by atoms with Gasteiger partial charge in [-0.15, -0.1) is 0 Å². The first kappa shape index (κ1) is 13.7. The number of nitrogens with zero attached hydrogens (tertiary/aromatic N) is 2. The molecule has 0 saturated carbocycles. The van der Waals surface area contributed by atoms with Crippen molar-refractivity contribution in [2.45, 2.75) is 30.7 Å². The fourth-order valence-corrected chi connectivity index (χ4v) is 2.58. The van der Waals surface area contributed by atoms with Gasteiger partial charge in [-0.3, -0.25) is 9.48 Å². The van der Waals surface area contributed by atoms with Crippen molar-refractivity contribution in [2.75, 3.05) is 0 Å². The van der Waals surface area contributed by atoms with E-state index >= 15 is 0 Å². The summed E-state index contributed by atoms with van der Waals surface area (Å²) in [6.45, 7) is 2.92. The van der Waals surface area contributed by atoms with E-state index in [1.54, 1.807) is 14.0 Å². The van der Waals surface area contributed by atoms with Gasteiger partial charge in [0.25, 0.3) is 0 Å². The molecule has 1 aromatic heterocycles. The van der Waals surface area contributed by atoms with Crippen LogP contribution in [0.4, 0.5) is 0 Å². The largest absolute Gasteiger partial charge is 0.480 e. The summed E-state index contributed by atoms with van der Waals surface area (Å²) in [7, 11) is -2.29. The second kappa shape index (κ2) is 4.46. The van der Waals surface area contributed by atoms with Crippen molar-refractivity contribution in [1.82, 2.24) is 14.5 Å². The van der Waals surface area contributed by atoms with Crippen molar-refractivity contribution >= 4 is 16.0 Å². The Bertz CT molecular complexity index is 522. The second-order valence-electron chi connectivity index (χ2n) is 3.95. The average molecular weight is 261 g/mol. The van der Waals surface area contributed by atoms with Crippen LogP contribution in [0.25, 0.3) is 0 Å². The molecule has 17 heavy (non-hydrogen) atoms. The summed E-state index contributed by atoms with van der Waals surface area (Å²) >= 11 is 0. The Morgan fingerprint density at radius 1 is 1.65 bits per heavy atom. The molecule has 0 aliphatic rings. The highest BCUT2D eigenvalue weighted by Gasteiger charge is 2.36. The number of nitrogens with one attached hydrogen (secondary N) is 1. The SMILES string of the molecule is CCC(C)(NS(=O)(=O)c1cnn(C)c1)C(=O)O. The predicted molar refractivity (Wildman–Crippen MR) is 59.9 cm³/mol. The van der Waals surface area contributed by atoms with Gasteiger partial charge in [0.05, 0.1) is 6.20 Å². The van der Waals surface area contributed by atoms with E-state index in [0.717, 1.165) is 0 Å². The predicted octanol–water partition coefficient (Wildman–Crippen LogP) is -0.0483. The Labute approximate surface area is 99.5 Å². The maximum Gasteiger partial charge on any atom is 0.324 e. The molecular formula is C9H15N3O4S. The highest BCUT2D eigenvalue weighted by atomic mass is 32.2. The number of sulfonamides is 1. The highest BCUT2D eigenvalue weighted by molar-refractivity contribution is 7.89. The molecule has 0 spiro atoms. The molecule has 0 amide bonds. The second-order valence-corrected chi connectivity index (χ2v) is 5.63. The number of aryl methyl sites for hydroxylation is 1. The van der Waals surface area contributed by atoms with Crippen molar-refractivity contribution < 1.29 is 18.3 Å². The van der Waals surface area contributed by atoms with Crippen molar-refractivity contribution in [2.24, 2.45) is 7.05 Å². The molecule has 0 aliphatic heterocycles. The number of hydrogen-bond donors (Lipinski definition) is 2. The van der Waals surface area contributed by atoms with Crippen LogP contribution in [0.1, 0.15) is 20.3 Å². The maximum atomic E-state index is 11.9. The zero-order valence-electron chi connectivity index (χ0n) is 9.84. The minimum absolute atomic E-state index is 0.0547. The van der Waals surface area contributed by atoms with E-state index in [9.17, 15) is 13.2 Å². The molecular weight excluding hydrogens is 246 g/mol. The Hall–Kier alpha value is -1.41. The number of carboxylic acids is 1. The van der Waals surface area contributed by atoms with E-state index in [-0.39, 0.29) is 11.3 Å². The third kappa shape index (κ3) is 2.83. The van der Waals surface area contributed by atoms with E-state index in [4.69, 9.17) is 5.11 Å². The first-order chi connectivity index (χ1) is 7.71. The van der Waals surface area contributed by atoms with Gasteiger partial charge in [-0.25, -0.2) is 8.42 Å². The molecule has 0 radical (unpaired) electrons. The minimum atomic E-state index is -3.87. The summed E-state index contributed by atoms with van der Waals surface area (Å²) in [5, 5.41) is 12.7. The van der Waals surface area contributed by atoms with Gasteiger partial charge in [0, 0.05) is 13.2 Å². The zero-order chi connectivity index (χ0) is 13.3. The van der Waals surface area contributed by atoms with E-state index in [1.165, 1.54) is 24.0 Å². The minimum Gasteiger partial charge on any atom is -0.480 e. The number of rotatable bonds is 5. The molecule has 1 unspecified atom stereocenters. The van der Waals surface area contributed by atoms with Gasteiger partial charge in [0.1, 0.15) is 10.4 Å². The molecule has 1 aromatic rings. The molecule has 8 heteroatoms. The molecule has 0 bridgehead atoms. The van der Waals surface area contributed by atoms with Crippen LogP contribution < -0.4 is 4.72 Å². The summed E-state index contributed by atoms with van der Waals surface area (Å²) < 4.78 is 27.3. The van der Waals surface area contributed by atoms with Gasteiger partial charge in [-0.2, -0.15) is 9.82 Å². The van der Waals surface area contributed by atoms with Gasteiger partial charge < -0.3 is 5.11 Å². The van der Waals surface area contributed by atoms with Crippen molar-refractivity contribution in [1.29, 1.82) is 0 Å². The highest BCUT2D eigenvalue weighted by Crippen LogP contribution is 2.15. The van der Waals surface area contributed by atoms with Crippen LogP contribution >= 0.6 is 0 Å². The lowest BCUT2D eigenvalue weighted by molar-refractivity contribution is -0.143. The van der Waals surface area contributed by atoms with Gasteiger partial charge >= 0.3 is 5.97 Å². The van der Waals surface area contributed by atoms with Crippen molar-refractivity contribution in [3.63, 3.8) is 0 Å². The number of aliphatic carboxylic acids is 1. The van der Waals surface area contributed by atoms with Gasteiger partial charge in [0.15, 0.2) is 0 Å². The fraction of sp³-hybridized carbons (Fsp3) is 0.556. The molecule has 96 valence electrons. The average Bonchev–Trinajstić information content (AvgIpc) is 2.64. The molecule has 1 atom stereocenters. The van der Waals surface area contributed by atoms with Crippen molar-refractivity contribution in [3.8, 4) is 0 Å². The number of carbonyl (C=O) groups is 1. The molecule has 1 heterocycles. The third-order valence-electron chi connectivity index (χ3n) is 2.53. The standard InChI is InChI=1S/C9H15N3O4S/c1-4-9(2,8(13)14)11-17(15,16)7-5-10-12(3)6-7/h5-6,11H,4H2,1-3H3,(H,13,14). The smallest absolute Gasteiger partial charge is 0.324 e. The summed E-state index contributed by atoms with van der Waals surface area (Å²) in [4.78, 5) is 11.0. The molecule has 0 saturated heterocycles. The van der Waals surface area contributed by atoms with Crippen LogP contribution in [-0.4, -0.2) is 34.8 Å². The number of aromatic nitrogens is 2. The first-order valence-electron chi connectivity index (χ1n) is 4.97. The molecule has 0 aromatic carbocycles. The lowest BCUT2D eigenvalue weighted by Crippen LogP contribution is -2.51. The molecule has 0 aliphatic carbocycles. The summed E-state index contributed by atoms with van der Waals surface area (Å²) in [6, 6.07) is 0. The Balaban J connectivity index is 3.06. The van der Waals surface area contributed by atoms with E-state index in [2.05, 4.69) is 9.82 Å². The normalized spacial score (nSPS) is 15.5. The quantitative estimate of drug-likeness (QED) is 0.774. The summed E-state index contributed by atoms with van der Waals surface area (Å²) in [5.74, 6) is -1.22. The monoisotopic (exact) mass is 261 g/mol. The van der Waals surface area contributed by atoms with Crippen LogP contribution in [0.2, 0.25) is 0 Å². The Kier molecular flexibility index (Phi) is 3.58. The van der Waals surface area contributed by atoms with Crippen LogP contribution in [0.5, 0.6) is 0 Å². The van der Waals surface area contributed by atoms with Crippen LogP contribution in [0.15, 0.2) is 17.3 Å². The molecule has 0 fully saturated rings. The third-order valence-corrected chi connectivity index (χ3v) is 4.08. The van der Waals surface area contributed by atoms with Crippen molar-refractivity contribution in [3.05, 3.63) is 12.4 Å². The molecule has 2 N–H and O–H groups in total. The topological polar surface area (TPSA) is 101 Å². The number of hydrogen-bond acceptors (Lipinski definition) is 4. The van der Waals surface area contributed by atoms with Gasteiger partial charge in [-0.1, -0.05) is 6.92 Å². The number of carboxylic acid groups (broad SMARTS) is 1. The first-order valence-corrected chi connectivity index (χ1v) is 6.45. The zero-order valence-corrected chi connectivity index (χ0v) is 10.7. The maximum absolute atomic E-state index is 11.9. The van der Waals surface area contributed by atoms with E-state index < -0.39 is 21.5 Å². The lowest BCUT2D eigenvalue weighted by atomic mass is 10.0. The van der Waals surface area contributed by atoms with E-state index in [1.807, 2.05) is 0 Å². The van der Waals surface area contributed by atoms with E-state index in [0.29, 0.717) is 0 Å². The van der Waals surface area contributed by atoms with Crippen LogP contribution in [0.3, 0.4) is 0 Å². The van der Waals surface area contributed by atoms with Crippen LogP contribution in [-0.2, 0) is 21.9 Å². The summed E-state index contributed by atoms with van der Waals surface area (Å²) in [5.41, 5.74) is -1.52.